The van der Waals surface area contributed by atoms with Crippen LogP contribution in [-0.2, 0) is 9.53 Å². The summed E-state index contributed by atoms with van der Waals surface area (Å²) in [6.45, 7) is 3.49. The highest BCUT2D eigenvalue weighted by Crippen LogP contribution is 2.28. The SMILES string of the molecule is CC[C@H](C)NC(=O)COC(=O)c1c(OC)cccc1OC. The predicted molar refractivity (Wildman–Crippen MR) is 77.7 cm³/mol. The minimum Gasteiger partial charge on any atom is -0.496 e. The van der Waals surface area contributed by atoms with E-state index in [4.69, 9.17) is 14.2 Å². The van der Waals surface area contributed by atoms with E-state index >= 15 is 0 Å². The number of amides is 1. The molecule has 1 rings (SSSR count). The van der Waals surface area contributed by atoms with E-state index in [9.17, 15) is 9.59 Å². The maximum absolute atomic E-state index is 12.1. The first kappa shape index (κ1) is 16.8. The maximum Gasteiger partial charge on any atom is 0.346 e. The normalized spacial score (nSPS) is 11.4. The fourth-order valence-corrected chi connectivity index (χ4v) is 1.67. The number of carbonyl (C=O) groups excluding carboxylic acids is 2. The third kappa shape index (κ3) is 4.66. The number of hydrogen-bond donors (Lipinski definition) is 1. The summed E-state index contributed by atoms with van der Waals surface area (Å²) < 4.78 is 15.2. The van der Waals surface area contributed by atoms with Gasteiger partial charge in [0.1, 0.15) is 17.1 Å². The molecule has 6 nitrogen and oxygen atoms in total. The van der Waals surface area contributed by atoms with Crippen molar-refractivity contribution < 1.29 is 23.8 Å². The molecule has 0 heterocycles. The van der Waals surface area contributed by atoms with Crippen LogP contribution in [0.1, 0.15) is 30.6 Å². The lowest BCUT2D eigenvalue weighted by Crippen LogP contribution is -2.35. The minimum absolute atomic E-state index is 0.0389. The van der Waals surface area contributed by atoms with Gasteiger partial charge in [-0.1, -0.05) is 13.0 Å². The van der Waals surface area contributed by atoms with Gasteiger partial charge >= 0.3 is 5.97 Å². The molecule has 0 saturated carbocycles. The van der Waals surface area contributed by atoms with Gasteiger partial charge in [-0.25, -0.2) is 4.79 Å². The van der Waals surface area contributed by atoms with Crippen LogP contribution in [0.25, 0.3) is 0 Å². The molecule has 1 aromatic carbocycles. The molecule has 0 bridgehead atoms. The average molecular weight is 295 g/mol. The van der Waals surface area contributed by atoms with Crippen molar-refractivity contribution in [3.8, 4) is 11.5 Å². The quantitative estimate of drug-likeness (QED) is 0.776. The summed E-state index contributed by atoms with van der Waals surface area (Å²) in [5.74, 6) is -0.335. The number of rotatable bonds is 7. The van der Waals surface area contributed by atoms with E-state index in [1.54, 1.807) is 18.2 Å². The van der Waals surface area contributed by atoms with Gasteiger partial charge in [-0.15, -0.1) is 0 Å². The van der Waals surface area contributed by atoms with E-state index in [2.05, 4.69) is 5.32 Å². The molecular weight excluding hydrogens is 274 g/mol. The largest absolute Gasteiger partial charge is 0.496 e. The van der Waals surface area contributed by atoms with E-state index < -0.39 is 5.97 Å². The van der Waals surface area contributed by atoms with Crippen molar-refractivity contribution in [2.24, 2.45) is 0 Å². The predicted octanol–water partition coefficient (Wildman–Crippen LogP) is 1.78. The maximum atomic E-state index is 12.1. The molecule has 0 aliphatic heterocycles. The van der Waals surface area contributed by atoms with E-state index in [1.807, 2.05) is 13.8 Å². The first-order chi connectivity index (χ1) is 10.0. The zero-order chi connectivity index (χ0) is 15.8. The fourth-order valence-electron chi connectivity index (χ4n) is 1.67. The zero-order valence-corrected chi connectivity index (χ0v) is 12.8. The topological polar surface area (TPSA) is 73.9 Å². The fraction of sp³-hybridized carbons (Fsp3) is 0.467. The van der Waals surface area contributed by atoms with E-state index in [1.165, 1.54) is 14.2 Å². The third-order valence-electron chi connectivity index (χ3n) is 2.99. The van der Waals surface area contributed by atoms with Crippen LogP contribution in [0.15, 0.2) is 18.2 Å². The molecule has 21 heavy (non-hydrogen) atoms. The zero-order valence-electron chi connectivity index (χ0n) is 12.8. The molecule has 0 aliphatic carbocycles. The Kier molecular flexibility index (Phi) is 6.52. The molecule has 0 radical (unpaired) electrons. The van der Waals surface area contributed by atoms with E-state index in [0.29, 0.717) is 11.5 Å². The molecular formula is C15H21NO5. The average Bonchev–Trinajstić information content (AvgIpc) is 2.51. The lowest BCUT2D eigenvalue weighted by Gasteiger charge is -2.14. The van der Waals surface area contributed by atoms with Gasteiger partial charge in [0.05, 0.1) is 14.2 Å². The Morgan fingerprint density at radius 2 is 1.76 bits per heavy atom. The van der Waals surface area contributed by atoms with Gasteiger partial charge in [0, 0.05) is 6.04 Å². The van der Waals surface area contributed by atoms with Crippen molar-refractivity contribution >= 4 is 11.9 Å². The number of ether oxygens (including phenoxy) is 3. The summed E-state index contributed by atoms with van der Waals surface area (Å²) in [5.41, 5.74) is 0.166. The van der Waals surface area contributed by atoms with Gasteiger partial charge in [0.15, 0.2) is 6.61 Å². The van der Waals surface area contributed by atoms with Gasteiger partial charge in [-0.2, -0.15) is 0 Å². The van der Waals surface area contributed by atoms with Crippen molar-refractivity contribution in [1.82, 2.24) is 5.32 Å². The first-order valence-electron chi connectivity index (χ1n) is 6.70. The third-order valence-corrected chi connectivity index (χ3v) is 2.99. The van der Waals surface area contributed by atoms with E-state index in [-0.39, 0.29) is 24.1 Å². The molecule has 0 spiro atoms. The van der Waals surface area contributed by atoms with Crippen LogP contribution in [0.4, 0.5) is 0 Å². The Morgan fingerprint density at radius 3 is 2.24 bits per heavy atom. The summed E-state index contributed by atoms with van der Waals surface area (Å²) in [6, 6.07) is 4.98. The number of hydrogen-bond acceptors (Lipinski definition) is 5. The summed E-state index contributed by atoms with van der Waals surface area (Å²) in [4.78, 5) is 23.7. The number of benzene rings is 1. The second-order valence-electron chi connectivity index (χ2n) is 4.49. The van der Waals surface area contributed by atoms with Crippen LogP contribution >= 0.6 is 0 Å². The molecule has 1 amide bonds. The Balaban J connectivity index is 2.74. The summed E-state index contributed by atoms with van der Waals surface area (Å²) in [7, 11) is 2.89. The second kappa shape index (κ2) is 8.14. The van der Waals surface area contributed by atoms with Crippen LogP contribution in [0.3, 0.4) is 0 Å². The number of esters is 1. The second-order valence-corrected chi connectivity index (χ2v) is 4.49. The standard InChI is InChI=1S/C15H21NO5/c1-5-10(2)16-13(17)9-21-15(18)14-11(19-3)7-6-8-12(14)20-4/h6-8,10H,5,9H2,1-4H3,(H,16,17)/t10-/m0/s1. The summed E-state index contributed by atoms with van der Waals surface area (Å²) in [5, 5.41) is 2.71. The first-order valence-corrected chi connectivity index (χ1v) is 6.70. The Hall–Kier alpha value is -2.24. The van der Waals surface area contributed by atoms with Crippen LogP contribution in [0.5, 0.6) is 11.5 Å². The van der Waals surface area contributed by atoms with Crippen molar-refractivity contribution in [3.63, 3.8) is 0 Å². The van der Waals surface area contributed by atoms with Crippen molar-refractivity contribution in [1.29, 1.82) is 0 Å². The lowest BCUT2D eigenvalue weighted by molar-refractivity contribution is -0.124. The lowest BCUT2D eigenvalue weighted by atomic mass is 10.2. The Labute approximate surface area is 124 Å². The summed E-state index contributed by atoms with van der Waals surface area (Å²) >= 11 is 0. The summed E-state index contributed by atoms with van der Waals surface area (Å²) in [6.07, 6.45) is 0.806. The molecule has 0 fully saturated rings. The van der Waals surface area contributed by atoms with Gasteiger partial charge in [0.2, 0.25) is 0 Å². The van der Waals surface area contributed by atoms with E-state index in [0.717, 1.165) is 6.42 Å². The number of methoxy groups -OCH3 is 2. The molecule has 0 saturated heterocycles. The highest BCUT2D eigenvalue weighted by Gasteiger charge is 2.20. The van der Waals surface area contributed by atoms with Crippen LogP contribution < -0.4 is 14.8 Å². The molecule has 116 valence electrons. The molecule has 1 N–H and O–H groups in total. The molecule has 6 heteroatoms. The van der Waals surface area contributed by atoms with Crippen molar-refractivity contribution in [2.75, 3.05) is 20.8 Å². The minimum atomic E-state index is -0.663. The molecule has 0 aliphatic rings. The highest BCUT2D eigenvalue weighted by molar-refractivity contribution is 5.96. The number of nitrogens with one attached hydrogen (secondary N) is 1. The van der Waals surface area contributed by atoms with Crippen LogP contribution in [0.2, 0.25) is 0 Å². The van der Waals surface area contributed by atoms with Crippen LogP contribution in [-0.4, -0.2) is 38.7 Å². The Morgan fingerprint density at radius 1 is 1.19 bits per heavy atom. The van der Waals surface area contributed by atoms with Gasteiger partial charge in [-0.3, -0.25) is 4.79 Å². The van der Waals surface area contributed by atoms with Gasteiger partial charge < -0.3 is 19.5 Å². The van der Waals surface area contributed by atoms with Crippen molar-refractivity contribution in [3.05, 3.63) is 23.8 Å². The molecule has 0 unspecified atom stereocenters. The van der Waals surface area contributed by atoms with Crippen LogP contribution in [0, 0.1) is 0 Å². The number of carbonyl (C=O) groups is 2. The highest BCUT2D eigenvalue weighted by atomic mass is 16.5. The Bertz CT molecular complexity index is 479. The monoisotopic (exact) mass is 295 g/mol. The molecule has 0 aromatic heterocycles. The smallest absolute Gasteiger partial charge is 0.346 e. The molecule has 1 aromatic rings. The van der Waals surface area contributed by atoms with Gasteiger partial charge in [0.25, 0.3) is 5.91 Å². The molecule has 1 atom stereocenters. The van der Waals surface area contributed by atoms with Crippen molar-refractivity contribution in [2.45, 2.75) is 26.3 Å². The van der Waals surface area contributed by atoms with Gasteiger partial charge in [-0.05, 0) is 25.5 Å².